The molecule has 6 nitrogen and oxygen atoms in total. The molecule has 6 heteroatoms. The van der Waals surface area contributed by atoms with Crippen LogP contribution in [0.2, 0.25) is 0 Å². The molecule has 0 aliphatic rings. The van der Waals surface area contributed by atoms with E-state index in [1.54, 1.807) is 38.7 Å². The summed E-state index contributed by atoms with van der Waals surface area (Å²) in [4.78, 5) is 20.4. The van der Waals surface area contributed by atoms with Gasteiger partial charge in [-0.3, -0.25) is 9.78 Å². The number of benzene rings is 2. The highest BCUT2D eigenvalue weighted by atomic mass is 16.5. The van der Waals surface area contributed by atoms with Gasteiger partial charge in [-0.2, -0.15) is 0 Å². The fourth-order valence-corrected chi connectivity index (χ4v) is 3.47. The van der Waals surface area contributed by atoms with Crippen LogP contribution in [0.25, 0.3) is 10.9 Å². The van der Waals surface area contributed by atoms with Crippen molar-refractivity contribution in [3.8, 4) is 11.5 Å². The molecule has 2 aromatic carbocycles. The van der Waals surface area contributed by atoms with Crippen molar-refractivity contribution in [3.05, 3.63) is 89.4 Å². The van der Waals surface area contributed by atoms with Crippen LogP contribution in [-0.4, -0.2) is 30.1 Å². The predicted octanol–water partition coefficient (Wildman–Crippen LogP) is 4.41. The fraction of sp³-hybridized carbons (Fsp3) is 0.167. The molecule has 0 radical (unpaired) electrons. The summed E-state index contributed by atoms with van der Waals surface area (Å²) in [5.74, 6) is 1.08. The molecule has 2 aromatic heterocycles. The number of aromatic amines is 1. The van der Waals surface area contributed by atoms with Crippen LogP contribution in [0, 0.1) is 6.92 Å². The predicted molar refractivity (Wildman–Crippen MR) is 116 cm³/mol. The van der Waals surface area contributed by atoms with Gasteiger partial charge in [0.25, 0.3) is 5.91 Å². The first-order valence-corrected chi connectivity index (χ1v) is 9.61. The Balaban J connectivity index is 1.69. The highest BCUT2D eigenvalue weighted by molar-refractivity contribution is 6.00. The molecular formula is C24H23N3O3. The van der Waals surface area contributed by atoms with Crippen LogP contribution in [0.5, 0.6) is 11.5 Å². The lowest BCUT2D eigenvalue weighted by molar-refractivity contribution is 0.0938. The maximum absolute atomic E-state index is 13.2. The molecule has 0 saturated carbocycles. The molecule has 0 aliphatic heterocycles. The second-order valence-electron chi connectivity index (χ2n) is 7.07. The summed E-state index contributed by atoms with van der Waals surface area (Å²) in [6.45, 7) is 2.04. The molecule has 30 heavy (non-hydrogen) atoms. The number of carbonyl (C=O) groups excluding carboxylic acids is 1. The Hall–Kier alpha value is -3.80. The summed E-state index contributed by atoms with van der Waals surface area (Å²) in [5, 5.41) is 3.96. The van der Waals surface area contributed by atoms with Crippen molar-refractivity contribution in [2.24, 2.45) is 0 Å². The number of aryl methyl sites for hydroxylation is 1. The van der Waals surface area contributed by atoms with Gasteiger partial charge in [-0.1, -0.05) is 29.8 Å². The molecule has 0 spiro atoms. The Bertz CT molecular complexity index is 1170. The topological polar surface area (TPSA) is 76.2 Å². The number of nitrogens with zero attached hydrogens (tertiary/aromatic N) is 1. The third kappa shape index (κ3) is 3.85. The molecule has 152 valence electrons. The minimum absolute atomic E-state index is 0.213. The lowest BCUT2D eigenvalue weighted by Crippen LogP contribution is -2.29. The van der Waals surface area contributed by atoms with Crippen LogP contribution in [0.1, 0.15) is 33.2 Å². The van der Waals surface area contributed by atoms with Gasteiger partial charge in [0.1, 0.15) is 17.2 Å². The number of H-pyrrole nitrogens is 1. The minimum Gasteiger partial charge on any atom is -0.497 e. The number of rotatable bonds is 6. The van der Waals surface area contributed by atoms with Crippen molar-refractivity contribution in [3.63, 3.8) is 0 Å². The molecule has 2 N–H and O–H groups in total. The third-order valence-corrected chi connectivity index (χ3v) is 5.10. The third-order valence-electron chi connectivity index (χ3n) is 5.10. The van der Waals surface area contributed by atoms with E-state index < -0.39 is 0 Å². The molecule has 0 aliphatic carbocycles. The molecular weight excluding hydrogens is 378 g/mol. The van der Waals surface area contributed by atoms with Crippen molar-refractivity contribution < 1.29 is 14.3 Å². The zero-order chi connectivity index (χ0) is 21.1. The average molecular weight is 401 g/mol. The van der Waals surface area contributed by atoms with Gasteiger partial charge >= 0.3 is 0 Å². The van der Waals surface area contributed by atoms with E-state index in [1.807, 2.05) is 49.4 Å². The molecule has 2 heterocycles. The first-order chi connectivity index (χ1) is 14.6. The van der Waals surface area contributed by atoms with Gasteiger partial charge in [-0.25, -0.2) is 0 Å². The Morgan fingerprint density at radius 3 is 2.33 bits per heavy atom. The molecule has 1 atom stereocenters. The average Bonchev–Trinajstić information content (AvgIpc) is 3.22. The van der Waals surface area contributed by atoms with Gasteiger partial charge in [-0.15, -0.1) is 0 Å². The molecule has 4 aromatic rings. The number of aromatic nitrogens is 2. The number of amides is 1. The SMILES string of the molecule is COc1cc(OC)c2cc(C(=O)N[C@@H](c3ccncc3)c3ccc(C)cc3)[nH]c2c1. The zero-order valence-corrected chi connectivity index (χ0v) is 17.1. The summed E-state index contributed by atoms with van der Waals surface area (Å²) in [7, 11) is 3.19. The molecule has 0 saturated heterocycles. The van der Waals surface area contributed by atoms with Crippen LogP contribution in [0.15, 0.2) is 67.0 Å². The van der Waals surface area contributed by atoms with Gasteiger partial charge in [0, 0.05) is 29.9 Å². The van der Waals surface area contributed by atoms with Crippen molar-refractivity contribution in [2.75, 3.05) is 14.2 Å². The van der Waals surface area contributed by atoms with Crippen LogP contribution in [-0.2, 0) is 0 Å². The number of hydrogen-bond donors (Lipinski definition) is 2. The second-order valence-corrected chi connectivity index (χ2v) is 7.07. The molecule has 4 rings (SSSR count). The Kier molecular flexibility index (Phi) is 5.39. The van der Waals surface area contributed by atoms with Crippen molar-refractivity contribution in [2.45, 2.75) is 13.0 Å². The first kappa shape index (κ1) is 19.5. The van der Waals surface area contributed by atoms with E-state index in [4.69, 9.17) is 9.47 Å². The highest BCUT2D eigenvalue weighted by Gasteiger charge is 2.20. The number of fused-ring (bicyclic) bond motifs is 1. The van der Waals surface area contributed by atoms with Gasteiger partial charge in [-0.05, 0) is 36.2 Å². The highest BCUT2D eigenvalue weighted by Crippen LogP contribution is 2.32. The van der Waals surface area contributed by atoms with Crippen molar-refractivity contribution >= 4 is 16.8 Å². The van der Waals surface area contributed by atoms with E-state index in [0.29, 0.717) is 17.2 Å². The van der Waals surface area contributed by atoms with Crippen molar-refractivity contribution in [1.29, 1.82) is 0 Å². The number of ether oxygens (including phenoxy) is 2. The van der Waals surface area contributed by atoms with E-state index in [-0.39, 0.29) is 11.9 Å². The monoisotopic (exact) mass is 401 g/mol. The molecule has 0 fully saturated rings. The Morgan fingerprint density at radius 2 is 1.67 bits per heavy atom. The summed E-state index contributed by atoms with van der Waals surface area (Å²) in [6, 6.07) is 17.1. The number of pyridine rings is 1. The zero-order valence-electron chi connectivity index (χ0n) is 17.1. The van der Waals surface area contributed by atoms with E-state index in [0.717, 1.165) is 27.6 Å². The summed E-state index contributed by atoms with van der Waals surface area (Å²) >= 11 is 0. The molecule has 0 unspecified atom stereocenters. The number of hydrogen-bond acceptors (Lipinski definition) is 4. The second kappa shape index (κ2) is 8.29. The van der Waals surface area contributed by atoms with E-state index >= 15 is 0 Å². The fourth-order valence-electron chi connectivity index (χ4n) is 3.47. The summed E-state index contributed by atoms with van der Waals surface area (Å²) in [6.07, 6.45) is 3.45. The van der Waals surface area contributed by atoms with E-state index in [2.05, 4.69) is 15.3 Å². The van der Waals surface area contributed by atoms with E-state index in [9.17, 15) is 4.79 Å². The molecule has 0 bridgehead atoms. The summed E-state index contributed by atoms with van der Waals surface area (Å²) in [5.41, 5.74) is 4.33. The Morgan fingerprint density at radius 1 is 0.967 bits per heavy atom. The standard InChI is InChI=1S/C24H23N3O3/c1-15-4-6-16(7-5-15)23(17-8-10-25-11-9-17)27-24(28)21-14-19-20(26-21)12-18(29-2)13-22(19)30-3/h4-14,23,26H,1-3H3,(H,27,28)/t23-/m1/s1. The molecule has 1 amide bonds. The maximum atomic E-state index is 13.2. The Labute approximate surface area is 174 Å². The van der Waals surface area contributed by atoms with Crippen LogP contribution >= 0.6 is 0 Å². The summed E-state index contributed by atoms with van der Waals surface area (Å²) < 4.78 is 10.8. The van der Waals surface area contributed by atoms with Gasteiger partial charge in [0.2, 0.25) is 0 Å². The van der Waals surface area contributed by atoms with Gasteiger partial charge in [0.15, 0.2) is 0 Å². The number of carbonyl (C=O) groups is 1. The van der Waals surface area contributed by atoms with Crippen LogP contribution in [0.4, 0.5) is 0 Å². The minimum atomic E-state index is -0.302. The number of nitrogens with one attached hydrogen (secondary N) is 2. The van der Waals surface area contributed by atoms with Crippen LogP contribution < -0.4 is 14.8 Å². The van der Waals surface area contributed by atoms with Gasteiger partial charge in [0.05, 0.1) is 25.8 Å². The lowest BCUT2D eigenvalue weighted by atomic mass is 9.98. The number of methoxy groups -OCH3 is 2. The van der Waals surface area contributed by atoms with Crippen LogP contribution in [0.3, 0.4) is 0 Å². The lowest BCUT2D eigenvalue weighted by Gasteiger charge is -2.19. The first-order valence-electron chi connectivity index (χ1n) is 9.61. The largest absolute Gasteiger partial charge is 0.497 e. The maximum Gasteiger partial charge on any atom is 0.268 e. The van der Waals surface area contributed by atoms with E-state index in [1.165, 1.54) is 0 Å². The van der Waals surface area contributed by atoms with Crippen molar-refractivity contribution in [1.82, 2.24) is 15.3 Å². The quantitative estimate of drug-likeness (QED) is 0.502. The van der Waals surface area contributed by atoms with Gasteiger partial charge < -0.3 is 19.8 Å². The smallest absolute Gasteiger partial charge is 0.268 e. The normalized spacial score (nSPS) is 11.8.